The van der Waals surface area contributed by atoms with Gasteiger partial charge in [0, 0.05) is 22.6 Å². The van der Waals surface area contributed by atoms with Crippen LogP contribution in [0.15, 0.2) is 16.9 Å². The summed E-state index contributed by atoms with van der Waals surface area (Å²) in [6, 6.07) is 2.42. The van der Waals surface area contributed by atoms with Crippen LogP contribution in [0, 0.1) is 18.7 Å². The molecule has 4 aliphatic rings. The van der Waals surface area contributed by atoms with Crippen molar-refractivity contribution in [2.45, 2.75) is 76.9 Å². The van der Waals surface area contributed by atoms with Crippen molar-refractivity contribution in [2.75, 3.05) is 20.4 Å². The number of hydrogen-bond acceptors (Lipinski definition) is 10. The number of methoxy groups -OCH3 is 1. The molecular weight excluding hydrogens is 641 g/mol. The monoisotopic (exact) mass is 677 g/mol. The average Bonchev–Trinajstić information content (AvgIpc) is 3.86. The van der Waals surface area contributed by atoms with Gasteiger partial charge in [0.25, 0.3) is 5.56 Å². The Labute approximate surface area is 279 Å². The van der Waals surface area contributed by atoms with Crippen LogP contribution in [0.4, 0.5) is 9.18 Å². The Kier molecular flexibility index (Phi) is 8.14. The zero-order valence-corrected chi connectivity index (χ0v) is 27.2. The lowest BCUT2D eigenvalue weighted by atomic mass is 9.81. The number of pyridine rings is 2. The second-order valence-corrected chi connectivity index (χ2v) is 12.9. The van der Waals surface area contributed by atoms with Crippen molar-refractivity contribution in [2.24, 2.45) is 5.92 Å². The lowest BCUT2D eigenvalue weighted by molar-refractivity contribution is -0.172. The molecule has 3 atom stereocenters. The smallest absolute Gasteiger partial charge is 0.407 e. The van der Waals surface area contributed by atoms with Gasteiger partial charge in [-0.15, -0.1) is 0 Å². The molecule has 2 aliphatic heterocycles. The molecule has 7 rings (SSSR count). The Bertz CT molecular complexity index is 2010. The normalized spacial score (nSPS) is 20.8. The third-order valence-electron chi connectivity index (χ3n) is 10.1. The number of esters is 1. The number of fused-ring (bicyclic) bond motifs is 5. The first-order valence-corrected chi connectivity index (χ1v) is 16.3. The van der Waals surface area contributed by atoms with Crippen LogP contribution in [0.25, 0.3) is 22.3 Å². The van der Waals surface area contributed by atoms with E-state index in [1.165, 1.54) is 17.7 Å². The number of nitrogens with zero attached hydrogens (tertiary/aromatic N) is 2. The molecule has 2 aliphatic carbocycles. The van der Waals surface area contributed by atoms with Crippen LogP contribution in [0.5, 0.6) is 0 Å². The first-order chi connectivity index (χ1) is 23.5. The molecular formula is C34H36FN5O9. The number of hydrogen-bond donors (Lipinski definition) is 4. The van der Waals surface area contributed by atoms with E-state index in [4.69, 9.17) is 14.5 Å². The summed E-state index contributed by atoms with van der Waals surface area (Å²) in [5, 5.41) is 20.0. The van der Waals surface area contributed by atoms with Crippen LogP contribution in [-0.4, -0.2) is 65.0 Å². The largest absolute Gasteiger partial charge is 0.458 e. The Balaban J connectivity index is 1.24. The summed E-state index contributed by atoms with van der Waals surface area (Å²) in [4.78, 5) is 68.6. The number of carbonyl (C=O) groups is 4. The number of carbonyl (C=O) groups excluding carboxylic acids is 4. The minimum absolute atomic E-state index is 0.00870. The number of ether oxygens (including phenoxy) is 3. The summed E-state index contributed by atoms with van der Waals surface area (Å²) in [5.74, 6) is -2.19. The van der Waals surface area contributed by atoms with Gasteiger partial charge in [0.2, 0.25) is 11.8 Å². The number of aromatic nitrogens is 2. The minimum Gasteiger partial charge on any atom is -0.458 e. The molecule has 3 aromatic rings. The molecule has 1 fully saturated rings. The highest BCUT2D eigenvalue weighted by molar-refractivity contribution is 5.94. The molecule has 0 radical (unpaired) electrons. The van der Waals surface area contributed by atoms with Gasteiger partial charge < -0.3 is 39.8 Å². The molecule has 1 saturated carbocycles. The van der Waals surface area contributed by atoms with Crippen LogP contribution in [0.1, 0.15) is 72.0 Å². The molecule has 4 N–H and O–H groups in total. The average molecular weight is 678 g/mol. The van der Waals surface area contributed by atoms with E-state index in [0.29, 0.717) is 40.9 Å². The molecule has 4 heterocycles. The number of amides is 3. The number of aryl methyl sites for hydroxylation is 1. The molecule has 0 spiro atoms. The standard InChI is InChI=1S/C34H36FN5O9/c1-4-34(46)20-9-24-28-18(12-40(24)31(43)19(20)13-48-32(34)44)27-22(8-7-17-15(2)21(35)10-23(38-28)26(17)27)39-30(42)29(16-5-6-16)49-14-37-25(41)11-36-33(45)47-3/h9-10,16,22,29,46H,4-8,11-14H2,1-3H3,(H,36,45)(H,37,41)(H,39,42)/t22-,29?,34-/m0/s1. The Morgan fingerprint density at radius 1 is 1.16 bits per heavy atom. The highest BCUT2D eigenvalue weighted by atomic mass is 19.1. The third-order valence-corrected chi connectivity index (χ3v) is 10.1. The van der Waals surface area contributed by atoms with Crippen molar-refractivity contribution < 1.29 is 42.9 Å². The van der Waals surface area contributed by atoms with Crippen LogP contribution < -0.4 is 21.5 Å². The van der Waals surface area contributed by atoms with Gasteiger partial charge in [0.1, 0.15) is 31.8 Å². The number of halogens is 1. The van der Waals surface area contributed by atoms with Gasteiger partial charge in [-0.25, -0.2) is 19.0 Å². The van der Waals surface area contributed by atoms with E-state index < -0.39 is 47.1 Å². The molecule has 1 unspecified atom stereocenters. The van der Waals surface area contributed by atoms with E-state index in [1.54, 1.807) is 19.9 Å². The third kappa shape index (κ3) is 5.40. The van der Waals surface area contributed by atoms with E-state index in [2.05, 4.69) is 20.7 Å². The zero-order chi connectivity index (χ0) is 34.8. The van der Waals surface area contributed by atoms with Crippen molar-refractivity contribution in [1.82, 2.24) is 25.5 Å². The summed E-state index contributed by atoms with van der Waals surface area (Å²) in [7, 11) is 1.18. The van der Waals surface area contributed by atoms with E-state index >= 15 is 4.39 Å². The molecule has 258 valence electrons. The van der Waals surface area contributed by atoms with Crippen LogP contribution in [0.3, 0.4) is 0 Å². The molecule has 0 saturated heterocycles. The predicted octanol–water partition coefficient (Wildman–Crippen LogP) is 1.86. The lowest BCUT2D eigenvalue weighted by Gasteiger charge is -2.31. The van der Waals surface area contributed by atoms with Crippen molar-refractivity contribution in [1.29, 1.82) is 0 Å². The highest BCUT2D eigenvalue weighted by Gasteiger charge is 2.46. The summed E-state index contributed by atoms with van der Waals surface area (Å²) >= 11 is 0. The number of alkyl carbamates (subject to hydrolysis) is 1. The minimum atomic E-state index is -2.00. The van der Waals surface area contributed by atoms with Crippen LogP contribution >= 0.6 is 0 Å². The fourth-order valence-electron chi connectivity index (χ4n) is 7.28. The maximum absolute atomic E-state index is 15.2. The number of aliphatic hydroxyl groups is 1. The second kappa shape index (κ2) is 12.2. The predicted molar refractivity (Wildman–Crippen MR) is 169 cm³/mol. The molecule has 15 heteroatoms. The highest BCUT2D eigenvalue weighted by Crippen LogP contribution is 2.46. The Morgan fingerprint density at radius 2 is 1.94 bits per heavy atom. The number of benzene rings is 1. The summed E-state index contributed by atoms with van der Waals surface area (Å²) in [5.41, 5.74) is 1.78. The molecule has 0 bridgehead atoms. The Hall–Kier alpha value is -4.89. The van der Waals surface area contributed by atoms with Crippen molar-refractivity contribution >= 4 is 34.8 Å². The van der Waals surface area contributed by atoms with E-state index in [9.17, 15) is 29.1 Å². The SMILES string of the molecule is CC[C@@]1(O)C(=O)OCc2c1cc1n(c2=O)Cc2c-1nc1cc(F)c(C)c3c1c2[C@@H](NC(=O)C(OCNC(=O)CNC(=O)OC)C1CC1)CC3. The molecule has 1 aromatic carbocycles. The first-order valence-electron chi connectivity index (χ1n) is 16.3. The van der Waals surface area contributed by atoms with Gasteiger partial charge in [-0.05, 0) is 67.7 Å². The number of cyclic esters (lactones) is 1. The molecule has 2 aromatic heterocycles. The lowest BCUT2D eigenvalue weighted by Crippen LogP contribution is -2.44. The second-order valence-electron chi connectivity index (χ2n) is 12.9. The van der Waals surface area contributed by atoms with Crippen molar-refractivity contribution in [3.63, 3.8) is 0 Å². The summed E-state index contributed by atoms with van der Waals surface area (Å²) < 4.78 is 32.3. The zero-order valence-electron chi connectivity index (χ0n) is 27.2. The maximum atomic E-state index is 15.2. The van der Waals surface area contributed by atoms with Crippen molar-refractivity contribution in [3.05, 3.63) is 61.7 Å². The van der Waals surface area contributed by atoms with Gasteiger partial charge in [0.05, 0.1) is 42.2 Å². The first kappa shape index (κ1) is 32.6. The number of nitrogens with one attached hydrogen (secondary N) is 3. The Morgan fingerprint density at radius 3 is 2.65 bits per heavy atom. The summed E-state index contributed by atoms with van der Waals surface area (Å²) in [6.45, 7) is 2.60. The quantitative estimate of drug-likeness (QED) is 0.150. The van der Waals surface area contributed by atoms with Gasteiger partial charge in [0.15, 0.2) is 5.60 Å². The molecule has 49 heavy (non-hydrogen) atoms. The van der Waals surface area contributed by atoms with Crippen molar-refractivity contribution in [3.8, 4) is 11.4 Å². The summed E-state index contributed by atoms with van der Waals surface area (Å²) in [6.07, 6.45) is 0.847. The molecule has 3 amide bonds. The van der Waals surface area contributed by atoms with Gasteiger partial charge in [-0.3, -0.25) is 14.4 Å². The van der Waals surface area contributed by atoms with Gasteiger partial charge in [-0.2, -0.15) is 0 Å². The molecule has 14 nitrogen and oxygen atoms in total. The van der Waals surface area contributed by atoms with Gasteiger partial charge >= 0.3 is 12.1 Å². The van der Waals surface area contributed by atoms with Crippen LogP contribution in [-0.2, 0) is 53.8 Å². The van der Waals surface area contributed by atoms with Crippen LogP contribution in [0.2, 0.25) is 0 Å². The fraction of sp³-hybridized carbons (Fsp3) is 0.471. The van der Waals surface area contributed by atoms with E-state index in [1.807, 2.05) is 0 Å². The maximum Gasteiger partial charge on any atom is 0.407 e. The number of rotatable bonds is 9. The van der Waals surface area contributed by atoms with E-state index in [-0.39, 0.29) is 55.8 Å². The van der Waals surface area contributed by atoms with E-state index in [0.717, 1.165) is 29.4 Å². The fourth-order valence-corrected chi connectivity index (χ4v) is 7.28. The topological polar surface area (TPSA) is 187 Å². The van der Waals surface area contributed by atoms with Gasteiger partial charge in [-0.1, -0.05) is 6.92 Å².